The molecule has 0 aromatic carbocycles. The summed E-state index contributed by atoms with van der Waals surface area (Å²) in [6.07, 6.45) is 3.92. The Morgan fingerprint density at radius 3 is 2.60 bits per heavy atom. The summed E-state index contributed by atoms with van der Waals surface area (Å²) >= 11 is 6.25. The second-order valence-corrected chi connectivity index (χ2v) is 6.50. The van der Waals surface area contributed by atoms with Gasteiger partial charge in [-0.2, -0.15) is 10.2 Å². The third-order valence-electron chi connectivity index (χ3n) is 3.08. The third kappa shape index (κ3) is 3.61. The minimum absolute atomic E-state index is 0.102. The Balaban J connectivity index is 2.06. The molecule has 2 aromatic rings. The van der Waals surface area contributed by atoms with Crippen molar-refractivity contribution in [3.63, 3.8) is 0 Å². The van der Waals surface area contributed by atoms with Gasteiger partial charge in [0.2, 0.25) is 0 Å². The first-order chi connectivity index (χ1) is 9.26. The smallest absolute Gasteiger partial charge is 0.0866 e. The van der Waals surface area contributed by atoms with E-state index in [0.717, 1.165) is 28.5 Å². The Kier molecular flexibility index (Phi) is 4.20. The van der Waals surface area contributed by atoms with Crippen LogP contribution in [0, 0.1) is 6.92 Å². The van der Waals surface area contributed by atoms with Crippen LogP contribution in [0.1, 0.15) is 37.7 Å². The van der Waals surface area contributed by atoms with Crippen LogP contribution < -0.4 is 5.32 Å². The van der Waals surface area contributed by atoms with Gasteiger partial charge in [0, 0.05) is 30.9 Å². The molecular weight excluding hydrogens is 274 g/mol. The molecule has 0 aliphatic carbocycles. The lowest BCUT2D eigenvalue weighted by atomic mass is 10.1. The van der Waals surface area contributed by atoms with Crippen LogP contribution in [-0.2, 0) is 20.1 Å². The molecule has 2 aromatic heterocycles. The number of nitrogens with one attached hydrogen (secondary N) is 1. The molecule has 0 saturated heterocycles. The predicted octanol–water partition coefficient (Wildman–Crippen LogP) is 2.51. The first-order valence-electron chi connectivity index (χ1n) is 6.70. The maximum absolute atomic E-state index is 6.25. The van der Waals surface area contributed by atoms with Crippen molar-refractivity contribution < 1.29 is 0 Å². The molecule has 0 unspecified atom stereocenters. The van der Waals surface area contributed by atoms with E-state index in [0.29, 0.717) is 6.54 Å². The van der Waals surface area contributed by atoms with Crippen molar-refractivity contribution in [2.45, 2.75) is 46.3 Å². The molecule has 1 N–H and O–H groups in total. The summed E-state index contributed by atoms with van der Waals surface area (Å²) in [5.74, 6) is 0. The Bertz CT molecular complexity index is 591. The van der Waals surface area contributed by atoms with Crippen LogP contribution in [-0.4, -0.2) is 25.1 Å². The molecule has 110 valence electrons. The summed E-state index contributed by atoms with van der Waals surface area (Å²) in [6, 6.07) is 0. The van der Waals surface area contributed by atoms with Crippen LogP contribution >= 0.6 is 11.6 Å². The highest BCUT2D eigenvalue weighted by Gasteiger charge is 2.13. The number of nitrogens with zero attached hydrogens (tertiary/aromatic N) is 4. The molecule has 0 atom stereocenters. The fourth-order valence-corrected chi connectivity index (χ4v) is 2.18. The van der Waals surface area contributed by atoms with E-state index >= 15 is 0 Å². The standard InChI is InChI=1S/C14H22ClN5/c1-10-13(15)12(19(5)18-10)9-20-8-11(7-17-20)6-16-14(2,3)4/h7-8,16H,6,9H2,1-5H3. The number of aryl methyl sites for hydroxylation is 2. The monoisotopic (exact) mass is 295 g/mol. The van der Waals surface area contributed by atoms with Gasteiger partial charge in [-0.15, -0.1) is 0 Å². The molecule has 0 aliphatic heterocycles. The minimum Gasteiger partial charge on any atom is -0.308 e. The highest BCUT2D eigenvalue weighted by atomic mass is 35.5. The number of rotatable bonds is 4. The fraction of sp³-hybridized carbons (Fsp3) is 0.571. The first kappa shape index (κ1) is 15.1. The molecule has 2 rings (SSSR count). The highest BCUT2D eigenvalue weighted by Crippen LogP contribution is 2.20. The Hall–Kier alpha value is -1.33. The lowest BCUT2D eigenvalue weighted by Crippen LogP contribution is -2.34. The molecule has 20 heavy (non-hydrogen) atoms. The highest BCUT2D eigenvalue weighted by molar-refractivity contribution is 6.31. The summed E-state index contributed by atoms with van der Waals surface area (Å²) in [4.78, 5) is 0. The van der Waals surface area contributed by atoms with Crippen LogP contribution in [0.3, 0.4) is 0 Å². The van der Waals surface area contributed by atoms with Gasteiger partial charge in [-0.1, -0.05) is 11.6 Å². The van der Waals surface area contributed by atoms with E-state index in [-0.39, 0.29) is 5.54 Å². The van der Waals surface area contributed by atoms with Gasteiger partial charge in [-0.3, -0.25) is 9.36 Å². The molecule has 6 heteroatoms. The molecule has 0 bridgehead atoms. The molecule has 0 fully saturated rings. The van der Waals surface area contributed by atoms with Gasteiger partial charge in [-0.05, 0) is 27.7 Å². The molecule has 0 saturated carbocycles. The van der Waals surface area contributed by atoms with E-state index in [9.17, 15) is 0 Å². The first-order valence-corrected chi connectivity index (χ1v) is 7.08. The van der Waals surface area contributed by atoms with E-state index in [4.69, 9.17) is 11.6 Å². The van der Waals surface area contributed by atoms with Crippen LogP contribution in [0.4, 0.5) is 0 Å². The van der Waals surface area contributed by atoms with Gasteiger partial charge in [0.05, 0.1) is 29.2 Å². The van der Waals surface area contributed by atoms with Crippen molar-refractivity contribution in [2.75, 3.05) is 0 Å². The fourth-order valence-electron chi connectivity index (χ4n) is 1.96. The molecule has 5 nitrogen and oxygen atoms in total. The Morgan fingerprint density at radius 1 is 1.35 bits per heavy atom. The lowest BCUT2D eigenvalue weighted by molar-refractivity contribution is 0.424. The van der Waals surface area contributed by atoms with Gasteiger partial charge < -0.3 is 5.32 Å². The normalized spacial score (nSPS) is 12.1. The van der Waals surface area contributed by atoms with E-state index in [1.54, 1.807) is 0 Å². The van der Waals surface area contributed by atoms with Crippen molar-refractivity contribution in [1.82, 2.24) is 24.9 Å². The minimum atomic E-state index is 0.102. The molecule has 0 radical (unpaired) electrons. The summed E-state index contributed by atoms with van der Waals surface area (Å²) in [7, 11) is 1.90. The van der Waals surface area contributed by atoms with Crippen molar-refractivity contribution in [3.05, 3.63) is 34.4 Å². The maximum atomic E-state index is 6.25. The van der Waals surface area contributed by atoms with Gasteiger partial charge in [0.15, 0.2) is 0 Å². The average Bonchev–Trinajstić information content (AvgIpc) is 2.87. The summed E-state index contributed by atoms with van der Waals surface area (Å²) in [5.41, 5.74) is 3.09. The number of hydrogen-bond donors (Lipinski definition) is 1. The molecular formula is C14H22ClN5. The predicted molar refractivity (Wildman–Crippen MR) is 80.9 cm³/mol. The largest absolute Gasteiger partial charge is 0.308 e. The molecule has 0 aliphatic rings. The van der Waals surface area contributed by atoms with Crippen LogP contribution in [0.5, 0.6) is 0 Å². The van der Waals surface area contributed by atoms with Crippen molar-refractivity contribution >= 4 is 11.6 Å². The number of aromatic nitrogens is 4. The quantitative estimate of drug-likeness (QED) is 0.943. The van der Waals surface area contributed by atoms with Crippen molar-refractivity contribution in [1.29, 1.82) is 0 Å². The van der Waals surface area contributed by atoms with E-state index in [1.807, 2.05) is 35.7 Å². The van der Waals surface area contributed by atoms with Crippen molar-refractivity contribution in [3.8, 4) is 0 Å². The third-order valence-corrected chi connectivity index (χ3v) is 3.57. The van der Waals surface area contributed by atoms with Gasteiger partial charge in [-0.25, -0.2) is 0 Å². The van der Waals surface area contributed by atoms with Gasteiger partial charge in [0.25, 0.3) is 0 Å². The van der Waals surface area contributed by atoms with Crippen molar-refractivity contribution in [2.24, 2.45) is 7.05 Å². The van der Waals surface area contributed by atoms with E-state index < -0.39 is 0 Å². The second-order valence-electron chi connectivity index (χ2n) is 6.12. The van der Waals surface area contributed by atoms with Crippen LogP contribution in [0.2, 0.25) is 5.02 Å². The van der Waals surface area contributed by atoms with Gasteiger partial charge >= 0.3 is 0 Å². The van der Waals surface area contributed by atoms with Gasteiger partial charge in [0.1, 0.15) is 0 Å². The molecule has 0 spiro atoms. The zero-order valence-corrected chi connectivity index (χ0v) is 13.5. The molecule has 2 heterocycles. The zero-order valence-electron chi connectivity index (χ0n) is 12.7. The van der Waals surface area contributed by atoms with E-state index in [1.165, 1.54) is 0 Å². The summed E-state index contributed by atoms with van der Waals surface area (Å²) in [5, 5.41) is 12.9. The van der Waals surface area contributed by atoms with Crippen LogP contribution in [0.25, 0.3) is 0 Å². The maximum Gasteiger partial charge on any atom is 0.0866 e. The zero-order chi connectivity index (χ0) is 14.9. The average molecular weight is 296 g/mol. The van der Waals surface area contributed by atoms with Crippen LogP contribution in [0.15, 0.2) is 12.4 Å². The Morgan fingerprint density at radius 2 is 2.05 bits per heavy atom. The summed E-state index contributed by atoms with van der Waals surface area (Å²) in [6.45, 7) is 9.79. The number of halogens is 1. The topological polar surface area (TPSA) is 47.7 Å². The molecule has 0 amide bonds. The number of hydrogen-bond acceptors (Lipinski definition) is 3. The lowest BCUT2D eigenvalue weighted by Gasteiger charge is -2.19. The van der Waals surface area contributed by atoms with E-state index in [2.05, 4.69) is 36.3 Å². The second kappa shape index (κ2) is 5.58. The Labute approximate surface area is 124 Å². The summed E-state index contributed by atoms with van der Waals surface area (Å²) < 4.78 is 3.70. The SMILES string of the molecule is Cc1nn(C)c(Cn2cc(CNC(C)(C)C)cn2)c1Cl.